The number of aromatic nitrogens is 1. The van der Waals surface area contributed by atoms with Gasteiger partial charge < -0.3 is 5.32 Å². The molecule has 0 amide bonds. The van der Waals surface area contributed by atoms with Gasteiger partial charge in [0.05, 0.1) is 11.1 Å². The van der Waals surface area contributed by atoms with Crippen LogP contribution >= 0.6 is 0 Å². The lowest BCUT2D eigenvalue weighted by Crippen LogP contribution is -2.16. The highest BCUT2D eigenvalue weighted by Crippen LogP contribution is 2.31. The molecule has 0 atom stereocenters. The summed E-state index contributed by atoms with van der Waals surface area (Å²) in [7, 11) is -3.85. The van der Waals surface area contributed by atoms with Crippen LogP contribution in [-0.4, -0.2) is 18.9 Å². The monoisotopic (exact) mass is 351 g/mol. The summed E-state index contributed by atoms with van der Waals surface area (Å²) >= 11 is 0. The summed E-state index contributed by atoms with van der Waals surface area (Å²) in [5, 5.41) is 13.7. The molecule has 5 nitrogen and oxygen atoms in total. The number of hydrogen-bond acceptors (Lipinski definition) is 4. The number of rotatable bonds is 2. The molecule has 0 saturated heterocycles. The molecule has 6 heteroatoms. The van der Waals surface area contributed by atoms with Gasteiger partial charge in [-0.3, -0.25) is 0 Å². The van der Waals surface area contributed by atoms with Gasteiger partial charge in [-0.15, -0.1) is 0 Å². The number of nitrogens with zero attached hydrogens (tertiary/aromatic N) is 2. The number of benzene rings is 2. The van der Waals surface area contributed by atoms with Gasteiger partial charge in [-0.2, -0.15) is 5.26 Å². The molecule has 0 bridgehead atoms. The summed E-state index contributed by atoms with van der Waals surface area (Å²) in [5.74, 6) is 0. The first-order valence-corrected chi connectivity index (χ1v) is 9.55. The molecule has 0 unspecified atom stereocenters. The van der Waals surface area contributed by atoms with Crippen LogP contribution in [0.3, 0.4) is 0 Å². The molecule has 0 saturated carbocycles. The highest BCUT2D eigenvalue weighted by atomic mass is 32.2. The molecule has 0 aliphatic carbocycles. The van der Waals surface area contributed by atoms with Gasteiger partial charge in [0.25, 0.3) is 10.0 Å². The average molecular weight is 351 g/mol. The van der Waals surface area contributed by atoms with Crippen LogP contribution in [0.2, 0.25) is 0 Å². The minimum Gasteiger partial charge on any atom is -0.312 e. The third kappa shape index (κ3) is 2.44. The summed E-state index contributed by atoms with van der Waals surface area (Å²) < 4.78 is 28.0. The second-order valence-corrected chi connectivity index (χ2v) is 8.09. The molecule has 1 N–H and O–H groups in total. The molecule has 4 rings (SSSR count). The van der Waals surface area contributed by atoms with Gasteiger partial charge in [0, 0.05) is 18.1 Å². The van der Waals surface area contributed by atoms with Crippen LogP contribution in [0.1, 0.15) is 22.3 Å². The smallest absolute Gasteiger partial charge is 0.269 e. The van der Waals surface area contributed by atoms with Crippen molar-refractivity contribution in [2.75, 3.05) is 6.54 Å². The van der Waals surface area contributed by atoms with E-state index in [9.17, 15) is 13.7 Å². The molecule has 0 fully saturated rings. The average Bonchev–Trinajstić information content (AvgIpc) is 2.86. The van der Waals surface area contributed by atoms with Crippen LogP contribution in [-0.2, 0) is 23.0 Å². The Morgan fingerprint density at radius 2 is 2.04 bits per heavy atom. The number of nitriles is 1. The summed E-state index contributed by atoms with van der Waals surface area (Å²) in [6, 6.07) is 12.6. The fraction of sp³-hybridized carbons (Fsp3) is 0.211. The molecule has 2 heterocycles. The normalized spacial score (nSPS) is 14.2. The van der Waals surface area contributed by atoms with E-state index >= 15 is 0 Å². The molecule has 126 valence electrons. The lowest BCUT2D eigenvalue weighted by Gasteiger charge is -2.11. The van der Waals surface area contributed by atoms with Crippen molar-refractivity contribution in [1.29, 1.82) is 5.26 Å². The Labute approximate surface area is 146 Å². The Kier molecular flexibility index (Phi) is 3.64. The van der Waals surface area contributed by atoms with Gasteiger partial charge in [-0.1, -0.05) is 18.2 Å². The van der Waals surface area contributed by atoms with E-state index in [4.69, 9.17) is 0 Å². The maximum absolute atomic E-state index is 13.3. The van der Waals surface area contributed by atoms with Gasteiger partial charge in [-0.05, 0) is 54.8 Å². The maximum atomic E-state index is 13.3. The summed E-state index contributed by atoms with van der Waals surface area (Å²) in [6.07, 6.45) is 2.48. The predicted molar refractivity (Wildman–Crippen MR) is 95.8 cm³/mol. The van der Waals surface area contributed by atoms with E-state index in [1.165, 1.54) is 3.97 Å². The minimum absolute atomic E-state index is 0.0547. The van der Waals surface area contributed by atoms with Crippen molar-refractivity contribution in [3.63, 3.8) is 0 Å². The first kappa shape index (κ1) is 15.9. The zero-order chi connectivity index (χ0) is 17.6. The van der Waals surface area contributed by atoms with Crippen molar-refractivity contribution in [1.82, 2.24) is 9.29 Å². The van der Waals surface area contributed by atoms with Crippen LogP contribution in [0, 0.1) is 18.3 Å². The molecule has 25 heavy (non-hydrogen) atoms. The fourth-order valence-corrected chi connectivity index (χ4v) is 5.06. The second-order valence-electron chi connectivity index (χ2n) is 6.30. The van der Waals surface area contributed by atoms with Gasteiger partial charge in [0.15, 0.2) is 0 Å². The molecule has 1 aliphatic heterocycles. The Morgan fingerprint density at radius 1 is 1.20 bits per heavy atom. The Morgan fingerprint density at radius 3 is 2.84 bits per heavy atom. The van der Waals surface area contributed by atoms with Gasteiger partial charge >= 0.3 is 0 Å². The molecule has 3 aromatic rings. The number of hydrogen-bond donors (Lipinski definition) is 1. The summed E-state index contributed by atoms with van der Waals surface area (Å²) in [5.41, 5.74) is 3.76. The van der Waals surface area contributed by atoms with Crippen LogP contribution in [0.15, 0.2) is 47.5 Å². The Bertz CT molecular complexity index is 1140. The lowest BCUT2D eigenvalue weighted by molar-refractivity contribution is 0.588. The third-order valence-electron chi connectivity index (χ3n) is 4.64. The molecule has 2 aromatic carbocycles. The molecule has 1 aliphatic rings. The SMILES string of the molecule is Cc1ccc(C#N)c(S(=O)(=O)n2cc3c4c(cccc42)CNCC3)c1. The zero-order valence-electron chi connectivity index (χ0n) is 13.8. The molecule has 0 spiro atoms. The van der Waals surface area contributed by atoms with Crippen molar-refractivity contribution < 1.29 is 8.42 Å². The lowest BCUT2D eigenvalue weighted by atomic mass is 10.1. The summed E-state index contributed by atoms with van der Waals surface area (Å²) in [4.78, 5) is 0.0547. The summed E-state index contributed by atoms with van der Waals surface area (Å²) in [6.45, 7) is 3.35. The van der Waals surface area contributed by atoms with Crippen LogP contribution in [0.5, 0.6) is 0 Å². The van der Waals surface area contributed by atoms with E-state index < -0.39 is 10.0 Å². The molecular weight excluding hydrogens is 334 g/mol. The van der Waals surface area contributed by atoms with E-state index in [1.807, 2.05) is 31.2 Å². The topological polar surface area (TPSA) is 74.9 Å². The first-order valence-electron chi connectivity index (χ1n) is 8.11. The highest BCUT2D eigenvalue weighted by Gasteiger charge is 2.25. The van der Waals surface area contributed by atoms with E-state index in [0.29, 0.717) is 5.52 Å². The molecule has 0 radical (unpaired) electrons. The minimum atomic E-state index is -3.85. The van der Waals surface area contributed by atoms with Crippen molar-refractivity contribution in [2.45, 2.75) is 24.8 Å². The van der Waals surface area contributed by atoms with Crippen LogP contribution in [0.4, 0.5) is 0 Å². The Balaban J connectivity index is 2.03. The van der Waals surface area contributed by atoms with Crippen molar-refractivity contribution in [2.24, 2.45) is 0 Å². The number of aryl methyl sites for hydroxylation is 1. The largest absolute Gasteiger partial charge is 0.312 e. The maximum Gasteiger partial charge on any atom is 0.269 e. The predicted octanol–water partition coefficient (Wildman–Crippen LogP) is 2.70. The van der Waals surface area contributed by atoms with Crippen LogP contribution in [0.25, 0.3) is 10.9 Å². The molecule has 1 aromatic heterocycles. The van der Waals surface area contributed by atoms with E-state index in [1.54, 1.807) is 24.4 Å². The first-order chi connectivity index (χ1) is 12.0. The standard InChI is InChI=1S/C19H17N3O2S/c1-13-5-6-14(10-20)18(9-13)25(23,24)22-12-16-7-8-21-11-15-3-2-4-17(22)19(15)16/h2-6,9,12,21H,7-8,11H2,1H3. The van der Waals surface area contributed by atoms with Gasteiger partial charge in [0.2, 0.25) is 0 Å². The quantitative estimate of drug-likeness (QED) is 0.770. The van der Waals surface area contributed by atoms with Crippen molar-refractivity contribution in [3.8, 4) is 6.07 Å². The van der Waals surface area contributed by atoms with E-state index in [2.05, 4.69) is 5.32 Å². The highest BCUT2D eigenvalue weighted by molar-refractivity contribution is 7.90. The van der Waals surface area contributed by atoms with Crippen LogP contribution < -0.4 is 5.32 Å². The fourth-order valence-electron chi connectivity index (χ4n) is 3.44. The Hall–Kier alpha value is -2.62. The van der Waals surface area contributed by atoms with Gasteiger partial charge in [0.1, 0.15) is 11.0 Å². The molecular formula is C19H17N3O2S. The van der Waals surface area contributed by atoms with Crippen molar-refractivity contribution >= 4 is 20.9 Å². The number of nitrogens with one attached hydrogen (secondary N) is 1. The zero-order valence-corrected chi connectivity index (χ0v) is 14.6. The van der Waals surface area contributed by atoms with E-state index in [-0.39, 0.29) is 10.5 Å². The van der Waals surface area contributed by atoms with Crippen molar-refractivity contribution in [3.05, 3.63) is 64.8 Å². The van der Waals surface area contributed by atoms with Gasteiger partial charge in [-0.25, -0.2) is 12.4 Å². The third-order valence-corrected chi connectivity index (χ3v) is 6.35. The second kappa shape index (κ2) is 5.73. The van der Waals surface area contributed by atoms with E-state index in [0.717, 1.165) is 41.6 Å².